The minimum atomic E-state index is -0.0774. The third-order valence-corrected chi connectivity index (χ3v) is 3.55. The lowest BCUT2D eigenvalue weighted by atomic mass is 10.0. The third-order valence-electron chi connectivity index (χ3n) is 3.55. The lowest BCUT2D eigenvalue weighted by Crippen LogP contribution is -2.22. The van der Waals surface area contributed by atoms with Gasteiger partial charge in [-0.3, -0.25) is 10.00 Å². The second kappa shape index (κ2) is 6.49. The molecule has 0 saturated carbocycles. The van der Waals surface area contributed by atoms with Crippen molar-refractivity contribution in [1.82, 2.24) is 15.1 Å². The molecule has 2 heterocycles. The monoisotopic (exact) mass is 297 g/mol. The van der Waals surface area contributed by atoms with Gasteiger partial charge in [0, 0.05) is 30.9 Å². The van der Waals surface area contributed by atoms with Crippen molar-refractivity contribution in [2.75, 3.05) is 7.11 Å². The molecule has 3 aromatic rings. The van der Waals surface area contributed by atoms with E-state index < -0.39 is 0 Å². The lowest BCUT2D eigenvalue weighted by molar-refractivity contribution is 0.392. The number of hydrogen-bond donors (Lipinski definition) is 1. The molecule has 1 N–H and O–H groups in total. The maximum absolute atomic E-state index is 5.60. The van der Waals surface area contributed by atoms with Gasteiger partial charge in [0.1, 0.15) is 11.5 Å². The highest BCUT2D eigenvalue weighted by Gasteiger charge is 2.20. The first kappa shape index (κ1) is 14.4. The molecule has 5 heteroatoms. The number of para-hydroxylation sites is 1. The van der Waals surface area contributed by atoms with E-state index >= 15 is 0 Å². The van der Waals surface area contributed by atoms with Crippen LogP contribution in [0.2, 0.25) is 0 Å². The Labute approximate surface area is 129 Å². The molecular formula is C17H19N3O2. The molecule has 1 atom stereocenters. The average Bonchev–Trinajstić information content (AvgIpc) is 3.20. The van der Waals surface area contributed by atoms with Crippen molar-refractivity contribution in [1.29, 1.82) is 0 Å². The van der Waals surface area contributed by atoms with Crippen molar-refractivity contribution in [2.45, 2.75) is 12.6 Å². The summed E-state index contributed by atoms with van der Waals surface area (Å²) >= 11 is 0. The van der Waals surface area contributed by atoms with Crippen LogP contribution in [-0.2, 0) is 13.6 Å². The van der Waals surface area contributed by atoms with Gasteiger partial charge >= 0.3 is 0 Å². The van der Waals surface area contributed by atoms with Crippen LogP contribution in [0, 0.1) is 0 Å². The van der Waals surface area contributed by atoms with E-state index in [4.69, 9.17) is 9.15 Å². The van der Waals surface area contributed by atoms with Gasteiger partial charge in [-0.05, 0) is 18.2 Å². The van der Waals surface area contributed by atoms with Gasteiger partial charge in [0.2, 0.25) is 0 Å². The molecule has 3 rings (SSSR count). The van der Waals surface area contributed by atoms with E-state index in [1.54, 1.807) is 18.1 Å². The topological polar surface area (TPSA) is 52.2 Å². The first-order chi connectivity index (χ1) is 10.8. The van der Waals surface area contributed by atoms with E-state index in [0.29, 0.717) is 6.54 Å². The fraction of sp³-hybridized carbons (Fsp3) is 0.235. The number of methoxy groups -OCH3 is 1. The predicted molar refractivity (Wildman–Crippen MR) is 83.6 cm³/mol. The van der Waals surface area contributed by atoms with Crippen molar-refractivity contribution in [3.63, 3.8) is 0 Å². The van der Waals surface area contributed by atoms with Crippen LogP contribution < -0.4 is 10.1 Å². The molecule has 2 aromatic heterocycles. The van der Waals surface area contributed by atoms with Crippen molar-refractivity contribution in [3.05, 3.63) is 71.9 Å². The zero-order chi connectivity index (χ0) is 15.4. The number of rotatable bonds is 6. The zero-order valence-electron chi connectivity index (χ0n) is 12.7. The summed E-state index contributed by atoms with van der Waals surface area (Å²) in [5.41, 5.74) is 2.16. The number of ether oxygens (including phenoxy) is 1. The molecule has 0 aliphatic rings. The summed E-state index contributed by atoms with van der Waals surface area (Å²) in [7, 11) is 3.59. The zero-order valence-corrected chi connectivity index (χ0v) is 12.7. The van der Waals surface area contributed by atoms with Gasteiger partial charge in [0.15, 0.2) is 0 Å². The fourth-order valence-corrected chi connectivity index (χ4v) is 2.51. The summed E-state index contributed by atoms with van der Waals surface area (Å²) in [6.45, 7) is 0.692. The number of nitrogens with one attached hydrogen (secondary N) is 1. The maximum Gasteiger partial charge on any atom is 0.125 e. The SMILES string of the molecule is COc1ccccc1C(NCc1cnn(C)c1)c1ccco1. The number of nitrogens with zero attached hydrogens (tertiary/aromatic N) is 2. The molecule has 1 unspecified atom stereocenters. The van der Waals surface area contributed by atoms with E-state index in [1.807, 2.05) is 55.8 Å². The predicted octanol–water partition coefficient (Wildman–Crippen LogP) is 2.90. The molecule has 0 saturated heterocycles. The first-order valence-corrected chi connectivity index (χ1v) is 7.15. The second-order valence-corrected chi connectivity index (χ2v) is 5.09. The molecule has 1 aromatic carbocycles. The molecule has 0 bridgehead atoms. The Morgan fingerprint density at radius 3 is 2.82 bits per heavy atom. The van der Waals surface area contributed by atoms with Gasteiger partial charge in [-0.25, -0.2) is 0 Å². The Kier molecular flexibility index (Phi) is 4.25. The fourth-order valence-electron chi connectivity index (χ4n) is 2.51. The van der Waals surface area contributed by atoms with Crippen LogP contribution in [0.5, 0.6) is 5.75 Å². The number of aromatic nitrogens is 2. The number of benzene rings is 1. The van der Waals surface area contributed by atoms with Crippen LogP contribution in [0.15, 0.2) is 59.5 Å². The normalized spacial score (nSPS) is 12.3. The Bertz CT molecular complexity index is 719. The van der Waals surface area contributed by atoms with Crippen molar-refractivity contribution in [2.24, 2.45) is 7.05 Å². The van der Waals surface area contributed by atoms with Gasteiger partial charge in [-0.1, -0.05) is 18.2 Å². The lowest BCUT2D eigenvalue weighted by Gasteiger charge is -2.19. The molecule has 5 nitrogen and oxygen atoms in total. The van der Waals surface area contributed by atoms with E-state index in [2.05, 4.69) is 10.4 Å². The number of furan rings is 1. The Hall–Kier alpha value is -2.53. The summed E-state index contributed by atoms with van der Waals surface area (Å²) in [6.07, 6.45) is 5.53. The largest absolute Gasteiger partial charge is 0.496 e. The summed E-state index contributed by atoms with van der Waals surface area (Å²) < 4.78 is 12.9. The summed E-state index contributed by atoms with van der Waals surface area (Å²) in [4.78, 5) is 0. The van der Waals surface area contributed by atoms with Crippen LogP contribution in [0.25, 0.3) is 0 Å². The third kappa shape index (κ3) is 3.04. The Morgan fingerprint density at radius 1 is 1.27 bits per heavy atom. The van der Waals surface area contributed by atoms with E-state index in [9.17, 15) is 0 Å². The molecular weight excluding hydrogens is 278 g/mol. The molecule has 0 spiro atoms. The first-order valence-electron chi connectivity index (χ1n) is 7.15. The van der Waals surface area contributed by atoms with Gasteiger partial charge in [-0.15, -0.1) is 0 Å². The van der Waals surface area contributed by atoms with Gasteiger partial charge in [-0.2, -0.15) is 5.10 Å². The maximum atomic E-state index is 5.60. The average molecular weight is 297 g/mol. The highest BCUT2D eigenvalue weighted by Crippen LogP contribution is 2.30. The molecule has 0 aliphatic carbocycles. The van der Waals surface area contributed by atoms with Crippen molar-refractivity contribution < 1.29 is 9.15 Å². The van der Waals surface area contributed by atoms with E-state index in [1.165, 1.54) is 0 Å². The summed E-state index contributed by atoms with van der Waals surface area (Å²) in [5, 5.41) is 7.71. The quantitative estimate of drug-likeness (QED) is 0.760. The van der Waals surface area contributed by atoms with E-state index in [-0.39, 0.29) is 6.04 Å². The number of hydrogen-bond acceptors (Lipinski definition) is 4. The van der Waals surface area contributed by atoms with Gasteiger partial charge in [0.05, 0.1) is 25.6 Å². The smallest absolute Gasteiger partial charge is 0.125 e. The standard InChI is InChI=1S/C17H19N3O2/c1-20-12-13(11-19-20)10-18-17(16-8-5-9-22-16)14-6-3-4-7-15(14)21-2/h3-9,11-12,17-18H,10H2,1-2H3. The van der Waals surface area contributed by atoms with Crippen molar-refractivity contribution in [3.8, 4) is 5.75 Å². The van der Waals surface area contributed by atoms with Crippen LogP contribution in [0.1, 0.15) is 22.9 Å². The van der Waals surface area contributed by atoms with Gasteiger partial charge in [0.25, 0.3) is 0 Å². The molecule has 0 radical (unpaired) electrons. The van der Waals surface area contributed by atoms with Crippen molar-refractivity contribution >= 4 is 0 Å². The highest BCUT2D eigenvalue weighted by atomic mass is 16.5. The minimum Gasteiger partial charge on any atom is -0.496 e. The Balaban J connectivity index is 1.87. The Morgan fingerprint density at radius 2 is 2.14 bits per heavy atom. The van der Waals surface area contributed by atoms with E-state index in [0.717, 1.165) is 22.6 Å². The molecule has 0 amide bonds. The van der Waals surface area contributed by atoms with Gasteiger partial charge < -0.3 is 9.15 Å². The molecule has 0 aliphatic heterocycles. The molecule has 114 valence electrons. The second-order valence-electron chi connectivity index (χ2n) is 5.09. The number of aryl methyl sites for hydroxylation is 1. The summed E-state index contributed by atoms with van der Waals surface area (Å²) in [6, 6.07) is 11.7. The van der Waals surface area contributed by atoms with Crippen LogP contribution in [0.3, 0.4) is 0 Å². The molecule has 0 fully saturated rings. The van der Waals surface area contributed by atoms with Crippen LogP contribution in [0.4, 0.5) is 0 Å². The summed E-state index contributed by atoms with van der Waals surface area (Å²) in [5.74, 6) is 1.69. The van der Waals surface area contributed by atoms with Crippen LogP contribution >= 0.6 is 0 Å². The minimum absolute atomic E-state index is 0.0774. The molecule has 22 heavy (non-hydrogen) atoms. The van der Waals surface area contributed by atoms with Crippen LogP contribution in [-0.4, -0.2) is 16.9 Å². The highest BCUT2D eigenvalue weighted by molar-refractivity contribution is 5.39.